The molecule has 0 atom stereocenters. The number of benzene rings is 2. The first-order chi connectivity index (χ1) is 9.06. The summed E-state index contributed by atoms with van der Waals surface area (Å²) in [6.45, 7) is 9.63. The number of hydrogen-bond acceptors (Lipinski definition) is 1. The molecular weight excluding hydrogens is 230 g/mol. The van der Waals surface area contributed by atoms with Gasteiger partial charge in [-0.25, -0.2) is 0 Å². The highest BCUT2D eigenvalue weighted by molar-refractivity contribution is 5.46. The van der Waals surface area contributed by atoms with Crippen molar-refractivity contribution in [2.24, 2.45) is 0 Å². The van der Waals surface area contributed by atoms with E-state index in [1.807, 2.05) is 0 Å². The molecule has 100 valence electrons. The fourth-order valence-corrected chi connectivity index (χ4v) is 2.17. The molecule has 0 saturated carbocycles. The molecule has 2 aromatic carbocycles. The monoisotopic (exact) mass is 253 g/mol. The summed E-state index contributed by atoms with van der Waals surface area (Å²) in [7, 11) is 0. The molecule has 19 heavy (non-hydrogen) atoms. The third-order valence-corrected chi connectivity index (χ3v) is 3.56. The van der Waals surface area contributed by atoms with E-state index in [4.69, 9.17) is 0 Å². The molecule has 0 fully saturated rings. The number of aryl methyl sites for hydroxylation is 2. The van der Waals surface area contributed by atoms with Gasteiger partial charge in [0.25, 0.3) is 0 Å². The van der Waals surface area contributed by atoms with Gasteiger partial charge in [-0.2, -0.15) is 0 Å². The van der Waals surface area contributed by atoms with Gasteiger partial charge in [0.1, 0.15) is 0 Å². The first-order valence-electron chi connectivity index (χ1n) is 6.96. The summed E-state index contributed by atoms with van der Waals surface area (Å²) in [6.07, 6.45) is 0. The summed E-state index contributed by atoms with van der Waals surface area (Å²) < 4.78 is 0. The van der Waals surface area contributed by atoms with Crippen molar-refractivity contribution >= 4 is 5.69 Å². The minimum atomic E-state index is 0.591. The van der Waals surface area contributed by atoms with E-state index in [1.165, 1.54) is 27.9 Å². The quantitative estimate of drug-likeness (QED) is 0.805. The van der Waals surface area contributed by atoms with Crippen molar-refractivity contribution in [2.45, 2.75) is 40.2 Å². The molecule has 0 aliphatic rings. The van der Waals surface area contributed by atoms with Gasteiger partial charge in [-0.3, -0.25) is 0 Å². The van der Waals surface area contributed by atoms with Crippen molar-refractivity contribution in [2.75, 3.05) is 5.32 Å². The van der Waals surface area contributed by atoms with Crippen molar-refractivity contribution in [3.63, 3.8) is 0 Å². The maximum Gasteiger partial charge on any atom is 0.0403 e. The average Bonchev–Trinajstić information content (AvgIpc) is 2.40. The van der Waals surface area contributed by atoms with Crippen LogP contribution in [0.3, 0.4) is 0 Å². The molecule has 1 heteroatoms. The Morgan fingerprint density at radius 3 is 2.26 bits per heavy atom. The van der Waals surface area contributed by atoms with Gasteiger partial charge in [0.15, 0.2) is 0 Å². The summed E-state index contributed by atoms with van der Waals surface area (Å²) >= 11 is 0. The predicted octanol–water partition coefficient (Wildman–Crippen LogP) is 5.04. The first-order valence-corrected chi connectivity index (χ1v) is 6.96. The topological polar surface area (TPSA) is 12.0 Å². The number of hydrogen-bond donors (Lipinski definition) is 1. The molecule has 0 aromatic heterocycles. The van der Waals surface area contributed by atoms with Gasteiger partial charge >= 0.3 is 0 Å². The second-order valence-electron chi connectivity index (χ2n) is 5.56. The van der Waals surface area contributed by atoms with E-state index >= 15 is 0 Å². The molecule has 0 heterocycles. The van der Waals surface area contributed by atoms with E-state index in [1.54, 1.807) is 0 Å². The Bertz CT molecular complexity index is 538. The van der Waals surface area contributed by atoms with Gasteiger partial charge in [-0.05, 0) is 48.6 Å². The van der Waals surface area contributed by atoms with Gasteiger partial charge in [-0.1, -0.05) is 49.7 Å². The Morgan fingerprint density at radius 1 is 0.947 bits per heavy atom. The van der Waals surface area contributed by atoms with Gasteiger partial charge < -0.3 is 5.32 Å². The standard InChI is InChI=1S/C18H23N/c1-13(2)16-7-9-18(10-8-16)19-12-17-11-14(3)5-6-15(17)4/h5-11,13,19H,12H2,1-4H3. The Hall–Kier alpha value is -1.76. The fraction of sp³-hybridized carbons (Fsp3) is 0.333. The lowest BCUT2D eigenvalue weighted by atomic mass is 10.0. The molecule has 1 N–H and O–H groups in total. The van der Waals surface area contributed by atoms with Crippen LogP contribution in [0.2, 0.25) is 0 Å². The molecule has 0 amide bonds. The number of nitrogens with one attached hydrogen (secondary N) is 1. The third-order valence-electron chi connectivity index (χ3n) is 3.56. The third kappa shape index (κ3) is 3.60. The Kier molecular flexibility index (Phi) is 4.26. The smallest absolute Gasteiger partial charge is 0.0403 e. The molecule has 1 nitrogen and oxygen atoms in total. The summed E-state index contributed by atoms with van der Waals surface area (Å²) in [5.41, 5.74) is 6.60. The molecule has 0 bridgehead atoms. The van der Waals surface area contributed by atoms with Crippen molar-refractivity contribution in [1.82, 2.24) is 0 Å². The predicted molar refractivity (Wildman–Crippen MR) is 83.8 cm³/mol. The van der Waals surface area contributed by atoms with Crippen LogP contribution in [0.25, 0.3) is 0 Å². The van der Waals surface area contributed by atoms with Gasteiger partial charge in [0, 0.05) is 12.2 Å². The fourth-order valence-electron chi connectivity index (χ4n) is 2.17. The average molecular weight is 253 g/mol. The lowest BCUT2D eigenvalue weighted by molar-refractivity contribution is 0.867. The Labute approximate surface area is 116 Å². The van der Waals surface area contributed by atoms with Gasteiger partial charge in [0.2, 0.25) is 0 Å². The molecule has 0 unspecified atom stereocenters. The van der Waals surface area contributed by atoms with Crippen LogP contribution in [0, 0.1) is 13.8 Å². The molecule has 2 rings (SSSR count). The Morgan fingerprint density at radius 2 is 1.63 bits per heavy atom. The highest BCUT2D eigenvalue weighted by atomic mass is 14.9. The van der Waals surface area contributed by atoms with Crippen LogP contribution in [0.15, 0.2) is 42.5 Å². The minimum absolute atomic E-state index is 0.591. The SMILES string of the molecule is Cc1ccc(C)c(CNc2ccc(C(C)C)cc2)c1. The van der Waals surface area contributed by atoms with E-state index in [9.17, 15) is 0 Å². The molecule has 0 radical (unpaired) electrons. The first kappa shape index (κ1) is 13.7. The van der Waals surface area contributed by atoms with Crippen LogP contribution < -0.4 is 5.32 Å². The summed E-state index contributed by atoms with van der Waals surface area (Å²) in [5.74, 6) is 0.591. The van der Waals surface area contributed by atoms with E-state index in [0.29, 0.717) is 5.92 Å². The van der Waals surface area contributed by atoms with Crippen LogP contribution >= 0.6 is 0 Å². The summed E-state index contributed by atoms with van der Waals surface area (Å²) in [6, 6.07) is 15.3. The van der Waals surface area contributed by atoms with Crippen LogP contribution in [0.5, 0.6) is 0 Å². The summed E-state index contributed by atoms with van der Waals surface area (Å²) in [5, 5.41) is 3.50. The van der Waals surface area contributed by atoms with Crippen LogP contribution in [0.4, 0.5) is 5.69 Å². The molecule has 2 aromatic rings. The van der Waals surface area contributed by atoms with Crippen molar-refractivity contribution in [1.29, 1.82) is 0 Å². The highest BCUT2D eigenvalue weighted by Crippen LogP contribution is 2.18. The number of rotatable bonds is 4. The second kappa shape index (κ2) is 5.92. The Balaban J connectivity index is 2.04. The summed E-state index contributed by atoms with van der Waals surface area (Å²) in [4.78, 5) is 0. The van der Waals surface area contributed by atoms with E-state index in [0.717, 1.165) is 6.54 Å². The highest BCUT2D eigenvalue weighted by Gasteiger charge is 2.01. The zero-order chi connectivity index (χ0) is 13.8. The molecule has 0 spiro atoms. The zero-order valence-corrected chi connectivity index (χ0v) is 12.3. The lowest BCUT2D eigenvalue weighted by Crippen LogP contribution is -2.02. The van der Waals surface area contributed by atoms with Crippen LogP contribution in [0.1, 0.15) is 42.0 Å². The van der Waals surface area contributed by atoms with Crippen molar-refractivity contribution in [3.05, 3.63) is 64.7 Å². The van der Waals surface area contributed by atoms with Crippen LogP contribution in [-0.2, 0) is 6.54 Å². The molecular formula is C18H23N. The molecule has 0 saturated heterocycles. The number of anilines is 1. The van der Waals surface area contributed by atoms with Gasteiger partial charge in [-0.15, -0.1) is 0 Å². The normalized spacial score (nSPS) is 10.8. The van der Waals surface area contributed by atoms with Crippen LogP contribution in [-0.4, -0.2) is 0 Å². The van der Waals surface area contributed by atoms with Gasteiger partial charge in [0.05, 0.1) is 0 Å². The maximum atomic E-state index is 3.50. The second-order valence-corrected chi connectivity index (χ2v) is 5.56. The molecule has 0 aliphatic carbocycles. The van der Waals surface area contributed by atoms with Crippen molar-refractivity contribution in [3.8, 4) is 0 Å². The lowest BCUT2D eigenvalue weighted by Gasteiger charge is -2.11. The maximum absolute atomic E-state index is 3.50. The van der Waals surface area contributed by atoms with E-state index < -0.39 is 0 Å². The molecule has 0 aliphatic heterocycles. The largest absolute Gasteiger partial charge is 0.381 e. The minimum Gasteiger partial charge on any atom is -0.381 e. The van der Waals surface area contributed by atoms with E-state index in [2.05, 4.69) is 75.5 Å². The van der Waals surface area contributed by atoms with E-state index in [-0.39, 0.29) is 0 Å². The van der Waals surface area contributed by atoms with Crippen molar-refractivity contribution < 1.29 is 0 Å². The zero-order valence-electron chi connectivity index (χ0n) is 12.3.